The van der Waals surface area contributed by atoms with Crippen molar-refractivity contribution in [3.8, 4) is 0 Å². The molecule has 0 aromatic carbocycles. The van der Waals surface area contributed by atoms with Gasteiger partial charge in [-0.25, -0.2) is 0 Å². The molecular formula is C18H26N2O4. The van der Waals surface area contributed by atoms with Crippen molar-refractivity contribution in [1.29, 1.82) is 0 Å². The van der Waals surface area contributed by atoms with Crippen molar-refractivity contribution >= 4 is 11.8 Å². The lowest BCUT2D eigenvalue weighted by Crippen LogP contribution is -2.57. The van der Waals surface area contributed by atoms with Crippen molar-refractivity contribution in [3.63, 3.8) is 0 Å². The van der Waals surface area contributed by atoms with Gasteiger partial charge in [-0.1, -0.05) is 13.3 Å². The molecule has 2 amide bonds. The number of furan rings is 1. The van der Waals surface area contributed by atoms with E-state index < -0.39 is 11.8 Å². The molecule has 0 bridgehead atoms. The number of rotatable bonds is 3. The standard InChI is InChI=1S/C18H26N2O4/c1-12(2)19-16(21)14-11-24-18(8-4-6-13(3)10-18)20(14)17(22)15-7-5-9-23-15/h5,7,9,12-14H,4,6,8,10-11H2,1-3H3,(H,19,21)/t13-,14-,18+/m0/s1. The molecule has 2 aliphatic rings. The van der Waals surface area contributed by atoms with Crippen molar-refractivity contribution in [1.82, 2.24) is 10.2 Å². The van der Waals surface area contributed by atoms with Crippen molar-refractivity contribution in [3.05, 3.63) is 24.2 Å². The van der Waals surface area contributed by atoms with E-state index in [1.54, 1.807) is 17.0 Å². The number of nitrogens with one attached hydrogen (secondary N) is 1. The third kappa shape index (κ3) is 3.07. The minimum absolute atomic E-state index is 0.0138. The molecule has 3 atom stereocenters. The minimum Gasteiger partial charge on any atom is -0.459 e. The van der Waals surface area contributed by atoms with Gasteiger partial charge in [-0.15, -0.1) is 0 Å². The van der Waals surface area contributed by atoms with Gasteiger partial charge in [0.25, 0.3) is 5.91 Å². The monoisotopic (exact) mass is 334 g/mol. The van der Waals surface area contributed by atoms with Crippen LogP contribution in [0.15, 0.2) is 22.8 Å². The fourth-order valence-electron chi connectivity index (χ4n) is 3.91. The lowest BCUT2D eigenvalue weighted by molar-refractivity contribution is -0.129. The molecule has 0 unspecified atom stereocenters. The second-order valence-electron chi connectivity index (χ2n) is 7.29. The highest BCUT2D eigenvalue weighted by molar-refractivity contribution is 5.96. The summed E-state index contributed by atoms with van der Waals surface area (Å²) in [6, 6.07) is 2.72. The topological polar surface area (TPSA) is 71.8 Å². The van der Waals surface area contributed by atoms with Crippen molar-refractivity contribution in [2.45, 2.75) is 64.3 Å². The van der Waals surface area contributed by atoms with Gasteiger partial charge in [-0.3, -0.25) is 14.5 Å². The molecule has 6 nitrogen and oxygen atoms in total. The van der Waals surface area contributed by atoms with Crippen LogP contribution in [0.3, 0.4) is 0 Å². The van der Waals surface area contributed by atoms with Crippen LogP contribution in [0.2, 0.25) is 0 Å². The molecule has 6 heteroatoms. The summed E-state index contributed by atoms with van der Waals surface area (Å²) in [5.74, 6) is 0.272. The number of amides is 2. The number of hydrogen-bond acceptors (Lipinski definition) is 4. The fraction of sp³-hybridized carbons (Fsp3) is 0.667. The molecule has 2 heterocycles. The maximum absolute atomic E-state index is 13.1. The van der Waals surface area contributed by atoms with Gasteiger partial charge < -0.3 is 14.5 Å². The maximum Gasteiger partial charge on any atom is 0.292 e. The molecule has 1 aromatic rings. The van der Waals surface area contributed by atoms with Crippen LogP contribution >= 0.6 is 0 Å². The molecular weight excluding hydrogens is 308 g/mol. The Morgan fingerprint density at radius 2 is 2.21 bits per heavy atom. The second-order valence-corrected chi connectivity index (χ2v) is 7.29. The molecule has 0 radical (unpaired) electrons. The highest BCUT2D eigenvalue weighted by Gasteiger charge is 2.54. The number of nitrogens with zero attached hydrogens (tertiary/aromatic N) is 1. The van der Waals surface area contributed by atoms with Crippen LogP contribution in [0, 0.1) is 5.92 Å². The highest BCUT2D eigenvalue weighted by atomic mass is 16.5. The smallest absolute Gasteiger partial charge is 0.292 e. The van der Waals surface area contributed by atoms with E-state index in [-0.39, 0.29) is 30.2 Å². The van der Waals surface area contributed by atoms with Crippen molar-refractivity contribution in [2.24, 2.45) is 5.92 Å². The summed E-state index contributed by atoms with van der Waals surface area (Å²) < 4.78 is 11.4. The van der Waals surface area contributed by atoms with Crippen LogP contribution in [0.1, 0.15) is 57.0 Å². The molecule has 24 heavy (non-hydrogen) atoms. The van der Waals surface area contributed by atoms with Gasteiger partial charge in [0.05, 0.1) is 12.9 Å². The van der Waals surface area contributed by atoms with Gasteiger partial charge in [0.15, 0.2) is 5.76 Å². The lowest BCUT2D eigenvalue weighted by atomic mass is 9.83. The van der Waals surface area contributed by atoms with Gasteiger partial charge in [0.1, 0.15) is 11.8 Å². The molecule has 1 spiro atoms. The third-order valence-electron chi connectivity index (χ3n) is 4.88. The van der Waals surface area contributed by atoms with Gasteiger partial charge >= 0.3 is 0 Å². The Bertz CT molecular complexity index is 598. The zero-order valence-electron chi connectivity index (χ0n) is 14.6. The number of carbonyl (C=O) groups excluding carboxylic acids is 2. The molecule has 132 valence electrons. The molecule has 1 N–H and O–H groups in total. The van der Waals surface area contributed by atoms with Crippen LogP contribution in [-0.2, 0) is 9.53 Å². The summed E-state index contributed by atoms with van der Waals surface area (Å²) in [6.07, 6.45) is 5.10. The van der Waals surface area contributed by atoms with E-state index in [1.165, 1.54) is 6.26 Å². The summed E-state index contributed by atoms with van der Waals surface area (Å²) in [4.78, 5) is 27.3. The van der Waals surface area contributed by atoms with E-state index in [4.69, 9.17) is 9.15 Å². The van der Waals surface area contributed by atoms with E-state index in [1.807, 2.05) is 13.8 Å². The van der Waals surface area contributed by atoms with Crippen molar-refractivity contribution in [2.75, 3.05) is 6.61 Å². The summed E-state index contributed by atoms with van der Waals surface area (Å²) in [7, 11) is 0. The predicted octanol–water partition coefficient (Wildman–Crippen LogP) is 2.55. The van der Waals surface area contributed by atoms with E-state index >= 15 is 0 Å². The summed E-state index contributed by atoms with van der Waals surface area (Å²) in [5.41, 5.74) is -0.694. The van der Waals surface area contributed by atoms with Crippen LogP contribution in [0.25, 0.3) is 0 Å². The average molecular weight is 334 g/mol. The Hall–Kier alpha value is -1.82. The lowest BCUT2D eigenvalue weighted by Gasteiger charge is -2.43. The first-order valence-corrected chi connectivity index (χ1v) is 8.74. The van der Waals surface area contributed by atoms with Crippen LogP contribution < -0.4 is 5.32 Å². The fourth-order valence-corrected chi connectivity index (χ4v) is 3.91. The molecule has 2 fully saturated rings. The van der Waals surface area contributed by atoms with Gasteiger partial charge in [0, 0.05) is 6.04 Å². The van der Waals surface area contributed by atoms with Gasteiger partial charge in [-0.2, -0.15) is 0 Å². The van der Waals surface area contributed by atoms with E-state index in [2.05, 4.69) is 12.2 Å². The number of hydrogen-bond donors (Lipinski definition) is 1. The second kappa shape index (κ2) is 6.59. The Morgan fingerprint density at radius 1 is 1.42 bits per heavy atom. The SMILES string of the molecule is CC(C)NC(=O)[C@@H]1CO[C@@]2(CCC[C@H](C)C2)N1C(=O)c1ccco1. The summed E-state index contributed by atoms with van der Waals surface area (Å²) in [5, 5.41) is 2.90. The first kappa shape index (κ1) is 17.0. The zero-order valence-corrected chi connectivity index (χ0v) is 14.6. The number of carbonyl (C=O) groups is 2. The molecule has 1 saturated heterocycles. The first-order chi connectivity index (χ1) is 11.4. The first-order valence-electron chi connectivity index (χ1n) is 8.74. The third-order valence-corrected chi connectivity index (χ3v) is 4.88. The predicted molar refractivity (Wildman–Crippen MR) is 88.3 cm³/mol. The van der Waals surface area contributed by atoms with Gasteiger partial charge in [-0.05, 0) is 51.2 Å². The largest absolute Gasteiger partial charge is 0.459 e. The Balaban J connectivity index is 1.92. The zero-order chi connectivity index (χ0) is 17.3. The van der Waals surface area contributed by atoms with E-state index in [0.29, 0.717) is 5.92 Å². The minimum atomic E-state index is -0.694. The van der Waals surface area contributed by atoms with Crippen molar-refractivity contribution < 1.29 is 18.7 Å². The van der Waals surface area contributed by atoms with Crippen LogP contribution in [-0.4, -0.2) is 41.1 Å². The molecule has 1 saturated carbocycles. The Kier molecular flexibility index (Phi) is 4.67. The highest BCUT2D eigenvalue weighted by Crippen LogP contribution is 2.43. The molecule has 1 aromatic heterocycles. The number of ether oxygens (including phenoxy) is 1. The van der Waals surface area contributed by atoms with E-state index in [0.717, 1.165) is 25.7 Å². The van der Waals surface area contributed by atoms with Crippen LogP contribution in [0.4, 0.5) is 0 Å². The molecule has 3 rings (SSSR count). The Morgan fingerprint density at radius 3 is 2.83 bits per heavy atom. The quantitative estimate of drug-likeness (QED) is 0.922. The Labute approximate surface area is 142 Å². The molecule has 1 aliphatic carbocycles. The van der Waals surface area contributed by atoms with Gasteiger partial charge in [0.2, 0.25) is 5.91 Å². The molecule has 1 aliphatic heterocycles. The van der Waals surface area contributed by atoms with E-state index in [9.17, 15) is 9.59 Å². The summed E-state index contributed by atoms with van der Waals surface area (Å²) >= 11 is 0. The summed E-state index contributed by atoms with van der Waals surface area (Å²) in [6.45, 7) is 6.22. The van der Waals surface area contributed by atoms with Crippen LogP contribution in [0.5, 0.6) is 0 Å². The maximum atomic E-state index is 13.1. The normalized spacial score (nSPS) is 30.1. The average Bonchev–Trinajstić information content (AvgIpc) is 3.14.